The summed E-state index contributed by atoms with van der Waals surface area (Å²) in [5.41, 5.74) is 2.30. The van der Waals surface area contributed by atoms with Gasteiger partial charge in [0.15, 0.2) is 0 Å². The van der Waals surface area contributed by atoms with Gasteiger partial charge in [0.05, 0.1) is 11.4 Å². The lowest BCUT2D eigenvalue weighted by Gasteiger charge is -2.19. The van der Waals surface area contributed by atoms with Crippen molar-refractivity contribution in [2.24, 2.45) is 0 Å². The standard InChI is InChI=1S/C14H18IN3/c1-14(2,3)16-10-11-8-9-18(17-11)13-7-5-4-6-12(13)15/h4-9,16H,10H2,1-3H3. The zero-order valence-corrected chi connectivity index (χ0v) is 13.1. The molecule has 0 aliphatic carbocycles. The maximum atomic E-state index is 4.59. The monoisotopic (exact) mass is 355 g/mol. The highest BCUT2D eigenvalue weighted by Crippen LogP contribution is 2.16. The number of halogens is 1. The molecule has 1 aromatic carbocycles. The van der Waals surface area contributed by atoms with Crippen LogP contribution >= 0.6 is 22.6 Å². The summed E-state index contributed by atoms with van der Waals surface area (Å²) in [5.74, 6) is 0. The van der Waals surface area contributed by atoms with E-state index in [1.807, 2.05) is 23.0 Å². The molecule has 96 valence electrons. The Hall–Kier alpha value is -0.880. The Labute approximate surface area is 122 Å². The molecule has 0 aliphatic rings. The largest absolute Gasteiger partial charge is 0.306 e. The van der Waals surface area contributed by atoms with Crippen molar-refractivity contribution in [3.63, 3.8) is 0 Å². The Balaban J connectivity index is 2.14. The van der Waals surface area contributed by atoms with Gasteiger partial charge in [-0.05, 0) is 61.6 Å². The third-order valence-corrected chi connectivity index (χ3v) is 3.46. The highest BCUT2D eigenvalue weighted by atomic mass is 127. The maximum Gasteiger partial charge on any atom is 0.0779 e. The van der Waals surface area contributed by atoms with E-state index in [1.165, 1.54) is 3.57 Å². The Morgan fingerprint density at radius 1 is 1.22 bits per heavy atom. The predicted octanol–water partition coefficient (Wildman–Crippen LogP) is 3.37. The molecule has 0 amide bonds. The third-order valence-electron chi connectivity index (χ3n) is 2.54. The van der Waals surface area contributed by atoms with E-state index >= 15 is 0 Å². The van der Waals surface area contributed by atoms with E-state index in [-0.39, 0.29) is 5.54 Å². The van der Waals surface area contributed by atoms with Crippen molar-refractivity contribution in [3.8, 4) is 5.69 Å². The molecule has 2 aromatic rings. The van der Waals surface area contributed by atoms with Gasteiger partial charge in [-0.1, -0.05) is 12.1 Å². The van der Waals surface area contributed by atoms with Crippen molar-refractivity contribution in [2.75, 3.05) is 0 Å². The first-order chi connectivity index (χ1) is 8.46. The normalized spacial score (nSPS) is 11.8. The van der Waals surface area contributed by atoms with Crippen LogP contribution in [0.3, 0.4) is 0 Å². The summed E-state index contributed by atoms with van der Waals surface area (Å²) in [7, 11) is 0. The van der Waals surface area contributed by atoms with Gasteiger partial charge in [-0.25, -0.2) is 4.68 Å². The quantitative estimate of drug-likeness (QED) is 0.856. The van der Waals surface area contributed by atoms with Crippen molar-refractivity contribution >= 4 is 22.6 Å². The topological polar surface area (TPSA) is 29.9 Å². The fraction of sp³-hybridized carbons (Fsp3) is 0.357. The minimum atomic E-state index is 0.116. The van der Waals surface area contributed by atoms with E-state index in [9.17, 15) is 0 Å². The van der Waals surface area contributed by atoms with Crippen molar-refractivity contribution in [1.29, 1.82) is 0 Å². The van der Waals surface area contributed by atoms with Gasteiger partial charge < -0.3 is 5.32 Å². The first kappa shape index (κ1) is 13.5. The minimum absolute atomic E-state index is 0.116. The Morgan fingerprint density at radius 2 is 1.94 bits per heavy atom. The summed E-state index contributed by atoms with van der Waals surface area (Å²) in [6.07, 6.45) is 2.01. The molecule has 0 aliphatic heterocycles. The number of benzene rings is 1. The van der Waals surface area contributed by atoms with Crippen molar-refractivity contribution in [3.05, 3.63) is 45.8 Å². The van der Waals surface area contributed by atoms with Crippen LogP contribution < -0.4 is 5.32 Å². The zero-order valence-electron chi connectivity index (χ0n) is 10.9. The number of nitrogens with one attached hydrogen (secondary N) is 1. The molecule has 0 unspecified atom stereocenters. The average Bonchev–Trinajstić information content (AvgIpc) is 2.75. The maximum absolute atomic E-state index is 4.59. The number of aromatic nitrogens is 2. The molecular weight excluding hydrogens is 337 g/mol. The summed E-state index contributed by atoms with van der Waals surface area (Å²) >= 11 is 2.33. The van der Waals surface area contributed by atoms with Crippen LogP contribution in [0.25, 0.3) is 5.69 Å². The van der Waals surface area contributed by atoms with E-state index < -0.39 is 0 Å². The van der Waals surface area contributed by atoms with Crippen molar-refractivity contribution < 1.29 is 0 Å². The summed E-state index contributed by atoms with van der Waals surface area (Å²) in [6.45, 7) is 7.26. The van der Waals surface area contributed by atoms with Crippen LogP contribution in [0.2, 0.25) is 0 Å². The molecule has 2 rings (SSSR count). The highest BCUT2D eigenvalue weighted by molar-refractivity contribution is 14.1. The fourth-order valence-electron chi connectivity index (χ4n) is 1.58. The number of hydrogen-bond acceptors (Lipinski definition) is 2. The fourth-order valence-corrected chi connectivity index (χ4v) is 2.22. The summed E-state index contributed by atoms with van der Waals surface area (Å²) in [4.78, 5) is 0. The van der Waals surface area contributed by atoms with E-state index in [2.05, 4.69) is 72.0 Å². The zero-order chi connectivity index (χ0) is 13.2. The molecule has 0 bridgehead atoms. The lowest BCUT2D eigenvalue weighted by molar-refractivity contribution is 0.420. The average molecular weight is 355 g/mol. The second-order valence-corrected chi connectivity index (χ2v) is 6.47. The van der Waals surface area contributed by atoms with E-state index in [0.29, 0.717) is 0 Å². The molecule has 0 saturated carbocycles. The lowest BCUT2D eigenvalue weighted by atomic mass is 10.1. The van der Waals surface area contributed by atoms with Crippen LogP contribution in [0.15, 0.2) is 36.5 Å². The molecule has 0 radical (unpaired) electrons. The van der Waals surface area contributed by atoms with Gasteiger partial charge >= 0.3 is 0 Å². The molecule has 0 saturated heterocycles. The SMILES string of the molecule is CC(C)(C)NCc1ccn(-c2ccccc2I)n1. The Morgan fingerprint density at radius 3 is 2.61 bits per heavy atom. The Kier molecular flexibility index (Phi) is 4.07. The van der Waals surface area contributed by atoms with Crippen molar-refractivity contribution in [2.45, 2.75) is 32.9 Å². The van der Waals surface area contributed by atoms with Crippen LogP contribution in [0.5, 0.6) is 0 Å². The molecule has 4 heteroatoms. The first-order valence-corrected chi connectivity index (χ1v) is 7.08. The number of nitrogens with zero attached hydrogens (tertiary/aromatic N) is 2. The summed E-state index contributed by atoms with van der Waals surface area (Å²) in [5, 5.41) is 8.03. The van der Waals surface area contributed by atoms with E-state index in [4.69, 9.17) is 0 Å². The molecule has 18 heavy (non-hydrogen) atoms. The van der Waals surface area contributed by atoms with Gasteiger partial charge in [0.2, 0.25) is 0 Å². The molecule has 3 nitrogen and oxygen atoms in total. The van der Waals surface area contributed by atoms with Crippen LogP contribution in [0.1, 0.15) is 26.5 Å². The number of hydrogen-bond donors (Lipinski definition) is 1. The van der Waals surface area contributed by atoms with Gasteiger partial charge in [0.1, 0.15) is 0 Å². The molecule has 1 N–H and O–H groups in total. The molecular formula is C14H18IN3. The molecule has 0 fully saturated rings. The number of para-hydroxylation sites is 1. The van der Waals surface area contributed by atoms with Crippen LogP contribution in [-0.2, 0) is 6.54 Å². The smallest absolute Gasteiger partial charge is 0.0779 e. The van der Waals surface area contributed by atoms with Gasteiger partial charge in [0, 0.05) is 21.9 Å². The van der Waals surface area contributed by atoms with E-state index in [1.54, 1.807) is 0 Å². The molecule has 1 heterocycles. The molecule has 0 atom stereocenters. The van der Waals surface area contributed by atoms with Crippen LogP contribution in [-0.4, -0.2) is 15.3 Å². The van der Waals surface area contributed by atoms with Crippen LogP contribution in [0, 0.1) is 3.57 Å². The second kappa shape index (κ2) is 5.40. The van der Waals surface area contributed by atoms with Gasteiger partial charge in [-0.2, -0.15) is 5.10 Å². The van der Waals surface area contributed by atoms with Gasteiger partial charge in [-0.15, -0.1) is 0 Å². The van der Waals surface area contributed by atoms with E-state index in [0.717, 1.165) is 17.9 Å². The molecule has 0 spiro atoms. The summed E-state index contributed by atoms with van der Waals surface area (Å²) in [6, 6.07) is 10.3. The van der Waals surface area contributed by atoms with Crippen LogP contribution in [0.4, 0.5) is 0 Å². The van der Waals surface area contributed by atoms with Crippen molar-refractivity contribution in [1.82, 2.24) is 15.1 Å². The predicted molar refractivity (Wildman–Crippen MR) is 82.9 cm³/mol. The minimum Gasteiger partial charge on any atom is -0.306 e. The third kappa shape index (κ3) is 3.55. The Bertz CT molecular complexity index is 526. The highest BCUT2D eigenvalue weighted by Gasteiger charge is 2.10. The second-order valence-electron chi connectivity index (χ2n) is 5.31. The first-order valence-electron chi connectivity index (χ1n) is 6.00. The van der Waals surface area contributed by atoms with Gasteiger partial charge in [-0.3, -0.25) is 0 Å². The number of rotatable bonds is 3. The lowest BCUT2D eigenvalue weighted by Crippen LogP contribution is -2.35. The van der Waals surface area contributed by atoms with Gasteiger partial charge in [0.25, 0.3) is 0 Å². The molecule has 1 aromatic heterocycles. The summed E-state index contributed by atoms with van der Waals surface area (Å²) < 4.78 is 3.13.